The highest BCUT2D eigenvalue weighted by molar-refractivity contribution is 7.98. The third kappa shape index (κ3) is 6.34. The quantitative estimate of drug-likeness (QED) is 0.241. The van der Waals surface area contributed by atoms with Crippen LogP contribution in [0, 0.1) is 0 Å². The Bertz CT molecular complexity index is 1120. The summed E-state index contributed by atoms with van der Waals surface area (Å²) in [7, 11) is 0. The molecule has 0 unspecified atom stereocenters. The number of carbonyl (C=O) groups is 1. The third-order valence-electron chi connectivity index (χ3n) is 5.58. The van der Waals surface area contributed by atoms with Crippen LogP contribution in [0.15, 0.2) is 59.8 Å². The number of halogens is 2. The summed E-state index contributed by atoms with van der Waals surface area (Å²) in [5.74, 6) is 1.49. The molecule has 2 heterocycles. The van der Waals surface area contributed by atoms with Crippen LogP contribution in [-0.2, 0) is 5.75 Å². The Morgan fingerprint density at radius 2 is 1.71 bits per heavy atom. The number of benzene rings is 2. The molecule has 0 atom stereocenters. The molecule has 9 heteroatoms. The predicted molar refractivity (Wildman–Crippen MR) is 142 cm³/mol. The van der Waals surface area contributed by atoms with Gasteiger partial charge in [-0.15, -0.1) is 0 Å². The van der Waals surface area contributed by atoms with Crippen molar-refractivity contribution in [3.05, 3.63) is 75.9 Å². The first-order valence-electron chi connectivity index (χ1n) is 11.3. The van der Waals surface area contributed by atoms with Crippen LogP contribution in [0.5, 0.6) is 0 Å². The minimum Gasteiger partial charge on any atom is -0.367 e. The summed E-state index contributed by atoms with van der Waals surface area (Å²) in [6.07, 6.45) is 0.916. The Balaban J connectivity index is 1.35. The SMILES string of the molecule is CCCNC(=O)c1ccc(CSc2nc(Cl)cc(N3CCN(c4ccccc4Cl)CC3)n2)cc1. The Hall–Kier alpha value is -2.48. The number of thioether (sulfide) groups is 1. The molecule has 0 aliphatic carbocycles. The maximum Gasteiger partial charge on any atom is 0.251 e. The minimum absolute atomic E-state index is 0.0431. The zero-order chi connectivity index (χ0) is 23.9. The van der Waals surface area contributed by atoms with E-state index in [-0.39, 0.29) is 5.91 Å². The molecular weight excluding hydrogens is 489 g/mol. The fraction of sp³-hybridized carbons (Fsp3) is 0.320. The smallest absolute Gasteiger partial charge is 0.251 e. The van der Waals surface area contributed by atoms with Gasteiger partial charge in [-0.25, -0.2) is 9.97 Å². The molecule has 2 aromatic carbocycles. The second-order valence-electron chi connectivity index (χ2n) is 8.00. The van der Waals surface area contributed by atoms with Crippen molar-refractivity contribution in [1.29, 1.82) is 0 Å². The maximum atomic E-state index is 12.1. The van der Waals surface area contributed by atoms with Crippen molar-refractivity contribution >= 4 is 52.4 Å². The number of para-hydroxylation sites is 1. The van der Waals surface area contributed by atoms with Crippen LogP contribution in [0.4, 0.5) is 11.5 Å². The van der Waals surface area contributed by atoms with Gasteiger partial charge in [0.05, 0.1) is 10.7 Å². The van der Waals surface area contributed by atoms with E-state index in [1.54, 1.807) is 0 Å². The summed E-state index contributed by atoms with van der Waals surface area (Å²) in [6, 6.07) is 17.4. The van der Waals surface area contributed by atoms with E-state index in [4.69, 9.17) is 28.2 Å². The van der Waals surface area contributed by atoms with Crippen LogP contribution < -0.4 is 15.1 Å². The van der Waals surface area contributed by atoms with Crippen molar-refractivity contribution in [2.24, 2.45) is 0 Å². The first-order chi connectivity index (χ1) is 16.5. The molecule has 1 aliphatic heterocycles. The topological polar surface area (TPSA) is 61.4 Å². The van der Waals surface area contributed by atoms with Crippen LogP contribution in [-0.4, -0.2) is 48.6 Å². The van der Waals surface area contributed by atoms with Crippen molar-refractivity contribution < 1.29 is 4.79 Å². The van der Waals surface area contributed by atoms with E-state index in [2.05, 4.69) is 26.2 Å². The Morgan fingerprint density at radius 1 is 1.00 bits per heavy atom. The van der Waals surface area contributed by atoms with Gasteiger partial charge in [-0.1, -0.05) is 66.2 Å². The van der Waals surface area contributed by atoms with E-state index >= 15 is 0 Å². The number of rotatable bonds is 8. The van der Waals surface area contributed by atoms with Gasteiger partial charge < -0.3 is 15.1 Å². The van der Waals surface area contributed by atoms with Gasteiger partial charge in [0.25, 0.3) is 5.91 Å². The number of carbonyl (C=O) groups excluding carboxylic acids is 1. The first kappa shape index (κ1) is 24.6. The number of nitrogens with one attached hydrogen (secondary N) is 1. The van der Waals surface area contributed by atoms with Gasteiger partial charge in [0.15, 0.2) is 5.16 Å². The molecule has 3 aromatic rings. The van der Waals surface area contributed by atoms with E-state index in [1.165, 1.54) is 11.8 Å². The summed E-state index contributed by atoms with van der Waals surface area (Å²) in [4.78, 5) is 25.7. The van der Waals surface area contributed by atoms with Crippen molar-refractivity contribution in [3.8, 4) is 0 Å². The molecule has 4 rings (SSSR count). The number of amides is 1. The lowest BCUT2D eigenvalue weighted by Crippen LogP contribution is -2.47. The highest BCUT2D eigenvalue weighted by Gasteiger charge is 2.21. The first-order valence-corrected chi connectivity index (χ1v) is 13.1. The summed E-state index contributed by atoms with van der Waals surface area (Å²) in [5.41, 5.74) is 2.82. The zero-order valence-corrected chi connectivity index (χ0v) is 21.3. The third-order valence-corrected chi connectivity index (χ3v) is 7.01. The molecule has 34 heavy (non-hydrogen) atoms. The van der Waals surface area contributed by atoms with Gasteiger partial charge in [0, 0.05) is 50.1 Å². The molecule has 1 N–H and O–H groups in total. The lowest BCUT2D eigenvalue weighted by Gasteiger charge is -2.37. The molecule has 0 spiro atoms. The highest BCUT2D eigenvalue weighted by atomic mass is 35.5. The molecule has 1 amide bonds. The molecule has 0 saturated carbocycles. The van der Waals surface area contributed by atoms with Gasteiger partial charge in [0.1, 0.15) is 11.0 Å². The van der Waals surface area contributed by atoms with E-state index in [0.29, 0.717) is 28.2 Å². The summed E-state index contributed by atoms with van der Waals surface area (Å²) in [6.45, 7) is 6.07. The molecule has 0 bridgehead atoms. The van der Waals surface area contributed by atoms with Gasteiger partial charge >= 0.3 is 0 Å². The van der Waals surface area contributed by atoms with Crippen molar-refractivity contribution in [1.82, 2.24) is 15.3 Å². The van der Waals surface area contributed by atoms with Crippen LogP contribution in [0.25, 0.3) is 0 Å². The van der Waals surface area contributed by atoms with Crippen molar-refractivity contribution in [2.75, 3.05) is 42.5 Å². The summed E-state index contributed by atoms with van der Waals surface area (Å²) < 4.78 is 0. The Morgan fingerprint density at radius 3 is 2.41 bits per heavy atom. The number of anilines is 2. The van der Waals surface area contributed by atoms with Gasteiger partial charge in [-0.3, -0.25) is 4.79 Å². The van der Waals surface area contributed by atoms with Crippen molar-refractivity contribution in [2.45, 2.75) is 24.3 Å². The number of hydrogen-bond acceptors (Lipinski definition) is 6. The highest BCUT2D eigenvalue weighted by Crippen LogP contribution is 2.28. The van der Waals surface area contributed by atoms with E-state index < -0.39 is 0 Å². The van der Waals surface area contributed by atoms with E-state index in [0.717, 1.165) is 54.7 Å². The van der Waals surface area contributed by atoms with Gasteiger partial charge in [0.2, 0.25) is 0 Å². The molecule has 0 radical (unpaired) electrons. The van der Waals surface area contributed by atoms with Gasteiger partial charge in [-0.2, -0.15) is 0 Å². The molecule has 178 valence electrons. The van der Waals surface area contributed by atoms with Gasteiger partial charge in [-0.05, 0) is 36.2 Å². The average Bonchev–Trinajstić information content (AvgIpc) is 2.86. The molecular formula is C25H27Cl2N5OS. The van der Waals surface area contributed by atoms with E-state index in [1.807, 2.05) is 55.5 Å². The average molecular weight is 516 g/mol. The standard InChI is InChI=1S/C25H27Cl2N5OS/c1-2-11-28-24(33)19-9-7-18(8-10-19)17-34-25-29-22(27)16-23(30-25)32-14-12-31(13-15-32)21-6-4-3-5-20(21)26/h3-10,16H,2,11-15,17H2,1H3,(H,28,33). The van der Waals surface area contributed by atoms with E-state index in [9.17, 15) is 4.79 Å². The lowest BCUT2D eigenvalue weighted by atomic mass is 10.1. The second-order valence-corrected chi connectivity index (χ2v) is 9.74. The number of nitrogens with zero attached hydrogens (tertiary/aromatic N) is 4. The number of aromatic nitrogens is 2. The molecule has 6 nitrogen and oxygen atoms in total. The summed E-state index contributed by atoms with van der Waals surface area (Å²) in [5, 5.41) is 4.74. The van der Waals surface area contributed by atoms with Crippen molar-refractivity contribution in [3.63, 3.8) is 0 Å². The number of piperazine rings is 1. The minimum atomic E-state index is -0.0431. The zero-order valence-electron chi connectivity index (χ0n) is 19.0. The second kappa shape index (κ2) is 11.8. The normalized spacial score (nSPS) is 13.7. The van der Waals surface area contributed by atoms with Crippen LogP contribution in [0.3, 0.4) is 0 Å². The predicted octanol–water partition coefficient (Wildman–Crippen LogP) is 5.54. The fourth-order valence-corrected chi connectivity index (χ4v) is 5.03. The Labute approximate surface area is 214 Å². The molecule has 1 saturated heterocycles. The fourth-order valence-electron chi connectivity index (χ4n) is 3.74. The summed E-state index contributed by atoms with van der Waals surface area (Å²) >= 11 is 14.2. The monoisotopic (exact) mass is 515 g/mol. The van der Waals surface area contributed by atoms with Crippen LogP contribution in [0.2, 0.25) is 10.2 Å². The van der Waals surface area contributed by atoms with Crippen LogP contribution >= 0.6 is 35.0 Å². The molecule has 1 fully saturated rings. The molecule has 1 aliphatic rings. The van der Waals surface area contributed by atoms with Crippen LogP contribution in [0.1, 0.15) is 29.3 Å². The maximum absolute atomic E-state index is 12.1. The number of hydrogen-bond donors (Lipinski definition) is 1. The Kier molecular flexibility index (Phi) is 8.53. The largest absolute Gasteiger partial charge is 0.367 e. The lowest BCUT2D eigenvalue weighted by molar-refractivity contribution is 0.0953. The molecule has 1 aromatic heterocycles.